The van der Waals surface area contributed by atoms with Crippen LogP contribution in [0.25, 0.3) is 0 Å². The van der Waals surface area contributed by atoms with Gasteiger partial charge in [-0.05, 0) is 35.0 Å². The van der Waals surface area contributed by atoms with E-state index in [1.165, 1.54) is 6.92 Å². The Morgan fingerprint density at radius 2 is 1.95 bits per heavy atom. The van der Waals surface area contributed by atoms with Gasteiger partial charge in [0.05, 0.1) is 17.7 Å². The number of rotatable bonds is 3. The first-order valence-electron chi connectivity index (χ1n) is 4.99. The molecule has 1 aromatic carbocycles. The highest BCUT2D eigenvalue weighted by molar-refractivity contribution is 9.10. The molecule has 0 atom stereocenters. The number of benzene rings is 1. The van der Waals surface area contributed by atoms with E-state index in [0.29, 0.717) is 12.1 Å². The summed E-state index contributed by atoms with van der Waals surface area (Å²) in [6.07, 6.45) is -4.68. The lowest BCUT2D eigenvalue weighted by Crippen LogP contribution is -2.18. The van der Waals surface area contributed by atoms with Crippen LogP contribution in [0, 0.1) is 0 Å². The van der Waals surface area contributed by atoms with Crippen molar-refractivity contribution in [3.8, 4) is 5.75 Å². The Kier molecular flexibility index (Phi) is 4.56. The van der Waals surface area contributed by atoms with Crippen LogP contribution in [0.15, 0.2) is 16.6 Å². The first-order chi connectivity index (χ1) is 8.68. The monoisotopic (exact) mass is 340 g/mol. The quantitative estimate of drug-likeness (QED) is 0.522. The van der Waals surface area contributed by atoms with Gasteiger partial charge in [0, 0.05) is 4.47 Å². The summed E-state index contributed by atoms with van der Waals surface area (Å²) >= 11 is 2.72. The molecule has 0 aliphatic rings. The average Bonchev–Trinajstić information content (AvgIpc) is 2.26. The zero-order valence-corrected chi connectivity index (χ0v) is 11.1. The highest BCUT2D eigenvalue weighted by Gasteiger charge is 2.34. The van der Waals surface area contributed by atoms with Crippen molar-refractivity contribution in [3.05, 3.63) is 27.7 Å². The molecule has 8 heteroatoms. The number of phenolic OH excluding ortho intramolecular Hbond substituents is 1. The van der Waals surface area contributed by atoms with E-state index in [4.69, 9.17) is 0 Å². The molecule has 19 heavy (non-hydrogen) atoms. The van der Waals surface area contributed by atoms with Crippen LogP contribution >= 0.6 is 15.9 Å². The molecule has 0 saturated carbocycles. The molecule has 0 heterocycles. The first-order valence-corrected chi connectivity index (χ1v) is 5.79. The topological polar surface area (TPSA) is 63.6 Å². The van der Waals surface area contributed by atoms with E-state index in [1.807, 2.05) is 0 Å². The lowest BCUT2D eigenvalue weighted by atomic mass is 10.1. The molecule has 104 valence electrons. The van der Waals surface area contributed by atoms with E-state index >= 15 is 0 Å². The van der Waals surface area contributed by atoms with Gasteiger partial charge in [-0.1, -0.05) is 0 Å². The van der Waals surface area contributed by atoms with Crippen LogP contribution in [0.3, 0.4) is 0 Å². The number of aromatic hydroxyl groups is 1. The lowest BCUT2D eigenvalue weighted by molar-refractivity contribution is -0.138. The van der Waals surface area contributed by atoms with Crippen LogP contribution in [0.4, 0.5) is 13.2 Å². The Labute approximate surface area is 114 Å². The SMILES string of the molecule is CCOC(=O)C(=O)c1c(O)cc(C(F)(F)F)cc1Br. The average molecular weight is 341 g/mol. The Morgan fingerprint density at radius 1 is 1.37 bits per heavy atom. The highest BCUT2D eigenvalue weighted by atomic mass is 79.9. The number of esters is 1. The molecule has 0 amide bonds. The van der Waals surface area contributed by atoms with Crippen molar-refractivity contribution < 1.29 is 32.6 Å². The van der Waals surface area contributed by atoms with Gasteiger partial charge in [0.2, 0.25) is 0 Å². The Bertz CT molecular complexity index is 502. The fourth-order valence-electron chi connectivity index (χ4n) is 1.28. The maximum absolute atomic E-state index is 12.5. The third kappa shape index (κ3) is 3.46. The second-order valence-corrected chi connectivity index (χ2v) is 4.25. The Hall–Kier alpha value is -1.57. The van der Waals surface area contributed by atoms with Crippen molar-refractivity contribution >= 4 is 27.7 Å². The van der Waals surface area contributed by atoms with E-state index < -0.39 is 34.8 Å². The Balaban J connectivity index is 3.25. The van der Waals surface area contributed by atoms with E-state index in [0.717, 1.165) is 0 Å². The van der Waals surface area contributed by atoms with Gasteiger partial charge in [-0.3, -0.25) is 4.79 Å². The predicted octanol–water partition coefficient (Wildman–Crippen LogP) is 2.92. The molecule has 0 radical (unpaired) electrons. The van der Waals surface area contributed by atoms with Gasteiger partial charge >= 0.3 is 12.1 Å². The molecule has 1 rings (SSSR count). The number of hydrogen-bond donors (Lipinski definition) is 1. The van der Waals surface area contributed by atoms with Crippen molar-refractivity contribution in [3.63, 3.8) is 0 Å². The van der Waals surface area contributed by atoms with Crippen LogP contribution in [-0.4, -0.2) is 23.5 Å². The zero-order valence-electron chi connectivity index (χ0n) is 9.55. The fraction of sp³-hybridized carbons (Fsp3) is 0.273. The minimum absolute atomic E-state index is 0.0659. The zero-order chi connectivity index (χ0) is 14.8. The molecular formula is C11H8BrF3O4. The summed E-state index contributed by atoms with van der Waals surface area (Å²) in [7, 11) is 0. The van der Waals surface area contributed by atoms with Gasteiger partial charge in [-0.2, -0.15) is 13.2 Å². The normalized spacial score (nSPS) is 11.2. The van der Waals surface area contributed by atoms with Crippen LogP contribution < -0.4 is 0 Å². The summed E-state index contributed by atoms with van der Waals surface area (Å²) in [5.41, 5.74) is -1.70. The van der Waals surface area contributed by atoms with Crippen LogP contribution in [0.1, 0.15) is 22.8 Å². The first kappa shape index (κ1) is 15.5. The lowest BCUT2D eigenvalue weighted by Gasteiger charge is -2.11. The van der Waals surface area contributed by atoms with Gasteiger partial charge < -0.3 is 9.84 Å². The van der Waals surface area contributed by atoms with Gasteiger partial charge in [-0.25, -0.2) is 4.79 Å². The van der Waals surface area contributed by atoms with Crippen LogP contribution in [0.2, 0.25) is 0 Å². The summed E-state index contributed by atoms with van der Waals surface area (Å²) in [5.74, 6) is -3.42. The van der Waals surface area contributed by atoms with E-state index in [-0.39, 0.29) is 11.1 Å². The number of hydrogen-bond acceptors (Lipinski definition) is 4. The number of carbonyl (C=O) groups is 2. The number of ether oxygens (including phenoxy) is 1. The molecule has 0 unspecified atom stereocenters. The standard InChI is InChI=1S/C11H8BrF3O4/c1-2-19-10(18)9(17)8-6(12)3-5(4-7(8)16)11(13,14)15/h3-4,16H,2H2,1H3. The van der Waals surface area contributed by atoms with Gasteiger partial charge in [0.1, 0.15) is 5.75 Å². The third-order valence-electron chi connectivity index (χ3n) is 2.08. The van der Waals surface area contributed by atoms with Crippen molar-refractivity contribution in [1.29, 1.82) is 0 Å². The number of alkyl halides is 3. The van der Waals surface area contributed by atoms with Crippen molar-refractivity contribution in [2.24, 2.45) is 0 Å². The summed E-state index contributed by atoms with van der Waals surface area (Å²) in [6, 6.07) is 0.976. The highest BCUT2D eigenvalue weighted by Crippen LogP contribution is 2.36. The maximum Gasteiger partial charge on any atom is 0.416 e. The fourth-order valence-corrected chi connectivity index (χ4v) is 1.91. The Morgan fingerprint density at radius 3 is 2.37 bits per heavy atom. The third-order valence-corrected chi connectivity index (χ3v) is 2.71. The molecule has 0 bridgehead atoms. The van der Waals surface area contributed by atoms with Crippen molar-refractivity contribution in [2.45, 2.75) is 13.1 Å². The molecule has 0 saturated heterocycles. The van der Waals surface area contributed by atoms with Gasteiger partial charge in [0.25, 0.3) is 5.78 Å². The molecule has 4 nitrogen and oxygen atoms in total. The number of halogens is 4. The van der Waals surface area contributed by atoms with Crippen LogP contribution in [0.5, 0.6) is 5.75 Å². The van der Waals surface area contributed by atoms with Crippen molar-refractivity contribution in [2.75, 3.05) is 6.61 Å². The van der Waals surface area contributed by atoms with Crippen molar-refractivity contribution in [1.82, 2.24) is 0 Å². The van der Waals surface area contributed by atoms with E-state index in [9.17, 15) is 27.9 Å². The molecule has 0 aliphatic heterocycles. The summed E-state index contributed by atoms with van der Waals surface area (Å²) in [4.78, 5) is 22.8. The summed E-state index contributed by atoms with van der Waals surface area (Å²) in [6.45, 7) is 1.40. The van der Waals surface area contributed by atoms with Gasteiger partial charge in [-0.15, -0.1) is 0 Å². The van der Waals surface area contributed by atoms with E-state index in [1.54, 1.807) is 0 Å². The van der Waals surface area contributed by atoms with Crippen LogP contribution in [-0.2, 0) is 15.7 Å². The second kappa shape index (κ2) is 5.60. The predicted molar refractivity (Wildman–Crippen MR) is 61.8 cm³/mol. The molecule has 0 aliphatic carbocycles. The molecule has 0 fully saturated rings. The minimum atomic E-state index is -4.68. The summed E-state index contributed by atoms with van der Waals surface area (Å²) < 4.78 is 41.4. The number of ketones is 1. The number of phenols is 1. The summed E-state index contributed by atoms with van der Waals surface area (Å²) in [5, 5.41) is 9.46. The van der Waals surface area contributed by atoms with Gasteiger partial charge in [0.15, 0.2) is 0 Å². The second-order valence-electron chi connectivity index (χ2n) is 3.40. The molecule has 1 aromatic rings. The number of Topliss-reactive ketones (excluding diaryl/α,β-unsaturated/α-hetero) is 1. The molecular weight excluding hydrogens is 333 g/mol. The number of carbonyl (C=O) groups excluding carboxylic acids is 2. The molecule has 0 spiro atoms. The smallest absolute Gasteiger partial charge is 0.416 e. The maximum atomic E-state index is 12.5. The largest absolute Gasteiger partial charge is 0.507 e. The minimum Gasteiger partial charge on any atom is -0.507 e. The van der Waals surface area contributed by atoms with E-state index in [2.05, 4.69) is 20.7 Å². The molecule has 0 aromatic heterocycles. The molecule has 1 N–H and O–H groups in total.